The summed E-state index contributed by atoms with van der Waals surface area (Å²) in [5, 5.41) is 3.96. The fourth-order valence-electron chi connectivity index (χ4n) is 2.76. The maximum Gasteiger partial charge on any atom is 0.343 e. The monoisotopic (exact) mass is 492 g/mol. The highest BCUT2D eigenvalue weighted by molar-refractivity contribution is 9.10. The Labute approximate surface area is 194 Å². The molecule has 3 aromatic rings. The van der Waals surface area contributed by atoms with Gasteiger partial charge in [-0.2, -0.15) is 5.10 Å². The van der Waals surface area contributed by atoms with Gasteiger partial charge in [-0.25, -0.2) is 10.2 Å². The summed E-state index contributed by atoms with van der Waals surface area (Å²) in [7, 11) is 0. The van der Waals surface area contributed by atoms with E-state index in [-0.39, 0.29) is 6.61 Å². The largest absolute Gasteiger partial charge is 0.483 e. The van der Waals surface area contributed by atoms with Gasteiger partial charge in [0.25, 0.3) is 5.91 Å². The van der Waals surface area contributed by atoms with Crippen molar-refractivity contribution in [2.75, 3.05) is 6.61 Å². The number of ether oxygens (including phenoxy) is 2. The van der Waals surface area contributed by atoms with E-state index in [2.05, 4.69) is 33.0 Å². The Morgan fingerprint density at radius 1 is 1.00 bits per heavy atom. The number of para-hydroxylation sites is 1. The average Bonchev–Trinajstić information content (AvgIpc) is 2.81. The standard InChI is InChI=1S/C25H21BrN2O4/c1-2-8-18-9-6-7-12-22(18)31-17-24(29)28-27-16-20-15-21(26)13-14-23(20)32-25(30)19-10-4-3-5-11-19/h2-7,9-16H,1,8,17H2,(H,28,29)/b27-16-. The van der Waals surface area contributed by atoms with Crippen LogP contribution in [0.15, 0.2) is 95.0 Å². The zero-order valence-electron chi connectivity index (χ0n) is 17.2. The number of carbonyl (C=O) groups excluding carboxylic acids is 2. The third-order valence-electron chi connectivity index (χ3n) is 4.27. The van der Waals surface area contributed by atoms with Crippen LogP contribution in [0.2, 0.25) is 0 Å². The molecule has 0 spiro atoms. The maximum absolute atomic E-state index is 12.4. The van der Waals surface area contributed by atoms with Gasteiger partial charge in [-0.15, -0.1) is 6.58 Å². The summed E-state index contributed by atoms with van der Waals surface area (Å²) < 4.78 is 11.8. The van der Waals surface area contributed by atoms with E-state index in [0.717, 1.165) is 10.0 Å². The van der Waals surface area contributed by atoms with E-state index in [1.165, 1.54) is 6.21 Å². The minimum absolute atomic E-state index is 0.195. The normalized spacial score (nSPS) is 10.5. The Balaban J connectivity index is 1.61. The highest BCUT2D eigenvalue weighted by Gasteiger charge is 2.11. The molecule has 3 aromatic carbocycles. The van der Waals surface area contributed by atoms with Crippen LogP contribution in [0.4, 0.5) is 0 Å². The average molecular weight is 493 g/mol. The smallest absolute Gasteiger partial charge is 0.343 e. The van der Waals surface area contributed by atoms with Crippen molar-refractivity contribution in [3.63, 3.8) is 0 Å². The molecule has 0 heterocycles. The number of benzene rings is 3. The van der Waals surface area contributed by atoms with Crippen molar-refractivity contribution in [3.05, 3.63) is 107 Å². The van der Waals surface area contributed by atoms with Gasteiger partial charge >= 0.3 is 5.97 Å². The van der Waals surface area contributed by atoms with Crippen molar-refractivity contribution in [1.82, 2.24) is 5.43 Å². The highest BCUT2D eigenvalue weighted by atomic mass is 79.9. The lowest BCUT2D eigenvalue weighted by molar-refractivity contribution is -0.123. The van der Waals surface area contributed by atoms with E-state index >= 15 is 0 Å². The summed E-state index contributed by atoms with van der Waals surface area (Å²) in [5.74, 6) is 0.0222. The van der Waals surface area contributed by atoms with Crippen LogP contribution in [0.3, 0.4) is 0 Å². The van der Waals surface area contributed by atoms with E-state index in [9.17, 15) is 9.59 Å². The fourth-order valence-corrected chi connectivity index (χ4v) is 3.14. The van der Waals surface area contributed by atoms with E-state index in [4.69, 9.17) is 9.47 Å². The lowest BCUT2D eigenvalue weighted by atomic mass is 10.1. The molecule has 0 bridgehead atoms. The van der Waals surface area contributed by atoms with Crippen molar-refractivity contribution < 1.29 is 19.1 Å². The molecule has 0 unspecified atom stereocenters. The van der Waals surface area contributed by atoms with E-state index in [1.54, 1.807) is 54.6 Å². The minimum Gasteiger partial charge on any atom is -0.483 e. The molecule has 0 aliphatic carbocycles. The number of esters is 1. The molecule has 0 radical (unpaired) electrons. The molecule has 162 valence electrons. The molecule has 0 aliphatic rings. The van der Waals surface area contributed by atoms with Gasteiger partial charge in [-0.1, -0.05) is 58.4 Å². The van der Waals surface area contributed by atoms with Crippen LogP contribution >= 0.6 is 15.9 Å². The SMILES string of the molecule is C=CCc1ccccc1OCC(=O)N/N=C\c1cc(Br)ccc1OC(=O)c1ccccc1. The molecule has 3 rings (SSSR count). The predicted molar refractivity (Wildman–Crippen MR) is 127 cm³/mol. The summed E-state index contributed by atoms with van der Waals surface area (Å²) in [6.45, 7) is 3.53. The number of nitrogens with zero attached hydrogens (tertiary/aromatic N) is 1. The summed E-state index contributed by atoms with van der Waals surface area (Å²) in [4.78, 5) is 24.5. The third-order valence-corrected chi connectivity index (χ3v) is 4.77. The van der Waals surface area contributed by atoms with Crippen LogP contribution in [-0.4, -0.2) is 24.7 Å². The molecule has 0 atom stereocenters. The summed E-state index contributed by atoms with van der Waals surface area (Å²) in [6.07, 6.45) is 3.82. The first kappa shape index (κ1) is 23.0. The molecule has 1 N–H and O–H groups in total. The second-order valence-corrected chi connectivity index (χ2v) is 7.54. The number of halogens is 1. The van der Waals surface area contributed by atoms with E-state index in [0.29, 0.717) is 29.0 Å². The molecule has 1 amide bonds. The van der Waals surface area contributed by atoms with Gasteiger partial charge in [0.1, 0.15) is 11.5 Å². The number of nitrogens with one attached hydrogen (secondary N) is 1. The quantitative estimate of drug-likeness (QED) is 0.151. The number of rotatable bonds is 9. The predicted octanol–water partition coefficient (Wildman–Crippen LogP) is 4.93. The molecule has 0 saturated carbocycles. The first-order valence-electron chi connectivity index (χ1n) is 9.77. The zero-order valence-corrected chi connectivity index (χ0v) is 18.7. The Kier molecular flexibility index (Phi) is 8.34. The first-order valence-corrected chi connectivity index (χ1v) is 10.6. The number of amides is 1. The Morgan fingerprint density at radius 2 is 1.75 bits per heavy atom. The fraction of sp³-hybridized carbons (Fsp3) is 0.0800. The van der Waals surface area contributed by atoms with Crippen LogP contribution in [0, 0.1) is 0 Å². The number of hydrogen-bond donors (Lipinski definition) is 1. The molecule has 32 heavy (non-hydrogen) atoms. The summed E-state index contributed by atoms with van der Waals surface area (Å²) in [6, 6.07) is 21.2. The molecule has 0 aromatic heterocycles. The second-order valence-electron chi connectivity index (χ2n) is 6.62. The van der Waals surface area contributed by atoms with Crippen LogP contribution in [0.1, 0.15) is 21.5 Å². The molecular weight excluding hydrogens is 472 g/mol. The minimum atomic E-state index is -0.488. The lowest BCUT2D eigenvalue weighted by Gasteiger charge is -2.09. The van der Waals surface area contributed by atoms with Gasteiger partial charge in [0.15, 0.2) is 6.61 Å². The molecular formula is C25H21BrN2O4. The molecule has 0 fully saturated rings. The summed E-state index contributed by atoms with van der Waals surface area (Å²) >= 11 is 3.38. The molecule has 0 aliphatic heterocycles. The molecule has 0 saturated heterocycles. The van der Waals surface area contributed by atoms with Crippen molar-refractivity contribution >= 4 is 34.0 Å². The number of hydrogen-bond acceptors (Lipinski definition) is 5. The van der Waals surface area contributed by atoms with Crippen molar-refractivity contribution in [3.8, 4) is 11.5 Å². The van der Waals surface area contributed by atoms with Gasteiger partial charge in [0.2, 0.25) is 0 Å². The van der Waals surface area contributed by atoms with Gasteiger partial charge in [-0.3, -0.25) is 4.79 Å². The number of allylic oxidation sites excluding steroid dienone is 1. The van der Waals surface area contributed by atoms with Crippen LogP contribution in [-0.2, 0) is 11.2 Å². The molecule has 7 heteroatoms. The Bertz CT molecular complexity index is 1130. The number of carbonyl (C=O) groups is 2. The van der Waals surface area contributed by atoms with E-state index in [1.807, 2.05) is 24.3 Å². The number of hydrazone groups is 1. The van der Waals surface area contributed by atoms with Crippen LogP contribution in [0.5, 0.6) is 11.5 Å². The van der Waals surface area contributed by atoms with Crippen molar-refractivity contribution in [2.24, 2.45) is 5.10 Å². The van der Waals surface area contributed by atoms with E-state index < -0.39 is 11.9 Å². The zero-order chi connectivity index (χ0) is 22.8. The van der Waals surface area contributed by atoms with Gasteiger partial charge in [0.05, 0.1) is 11.8 Å². The Morgan fingerprint density at radius 3 is 2.53 bits per heavy atom. The second kappa shape index (κ2) is 11.6. The first-order chi connectivity index (χ1) is 15.6. The van der Waals surface area contributed by atoms with Gasteiger partial charge in [-0.05, 0) is 48.4 Å². The summed E-state index contributed by atoms with van der Waals surface area (Å²) in [5.41, 5.74) is 4.30. The van der Waals surface area contributed by atoms with Crippen molar-refractivity contribution in [2.45, 2.75) is 6.42 Å². The molecule has 6 nitrogen and oxygen atoms in total. The highest BCUT2D eigenvalue weighted by Crippen LogP contribution is 2.23. The van der Waals surface area contributed by atoms with Crippen LogP contribution < -0.4 is 14.9 Å². The topological polar surface area (TPSA) is 77.0 Å². The van der Waals surface area contributed by atoms with Crippen molar-refractivity contribution in [1.29, 1.82) is 0 Å². The van der Waals surface area contributed by atoms with Crippen LogP contribution in [0.25, 0.3) is 0 Å². The third kappa shape index (κ3) is 6.65. The lowest BCUT2D eigenvalue weighted by Crippen LogP contribution is -2.24. The maximum atomic E-state index is 12.4. The van der Waals surface area contributed by atoms with Gasteiger partial charge < -0.3 is 9.47 Å². The Hall–Kier alpha value is -3.71. The van der Waals surface area contributed by atoms with Gasteiger partial charge in [0, 0.05) is 10.0 Å².